The summed E-state index contributed by atoms with van der Waals surface area (Å²) in [6.45, 7) is 3.46. The predicted molar refractivity (Wildman–Crippen MR) is 257 cm³/mol. The van der Waals surface area contributed by atoms with Crippen LogP contribution >= 0.6 is 11.6 Å². The van der Waals surface area contributed by atoms with E-state index in [4.69, 9.17) is 11.6 Å². The molecular weight excluding hydrogens is 872 g/mol. The number of nitrogens with zero attached hydrogens (tertiary/aromatic N) is 2. The minimum absolute atomic E-state index is 0.245. The maximum atomic E-state index is 10.5. The van der Waals surface area contributed by atoms with Crippen LogP contribution in [0.2, 0.25) is 5.02 Å². The Bertz CT molecular complexity index is 3160. The largest absolute Gasteiger partial charge is 0.504 e. The second-order valence-corrected chi connectivity index (χ2v) is 16.4. The molecule has 2 heterocycles. The van der Waals surface area contributed by atoms with Gasteiger partial charge in [0.25, 0.3) is 0 Å². The standard InChI is InChI=1S/C54H39ClN2O10/c1-26-19-41(56-24-39(26)43-45(58)49(62)53(66)50(63)46(43)59)30-15-11-28(12-16-30)35-7-3-5-9-37(35)32-21-33(23-34(55)22-32)38-10-6-4-8-36(38)29-13-17-31(18-14-29)42-20-27(2)40(25-57-42)44-47(60)51(64)54(67)52(65)48(44)61/h3-25,58-67H,1-2H3. The Labute approximate surface area is 387 Å². The van der Waals surface area contributed by atoms with Crippen LogP contribution < -0.4 is 0 Å². The molecule has 12 nitrogen and oxygen atoms in total. The van der Waals surface area contributed by atoms with E-state index in [-0.39, 0.29) is 22.3 Å². The van der Waals surface area contributed by atoms with E-state index in [0.717, 1.165) is 55.6 Å². The summed E-state index contributed by atoms with van der Waals surface area (Å²) in [5.74, 6) is -9.09. The van der Waals surface area contributed by atoms with Crippen molar-refractivity contribution >= 4 is 11.6 Å². The molecule has 13 heteroatoms. The van der Waals surface area contributed by atoms with Gasteiger partial charge in [-0.1, -0.05) is 109 Å². The fraction of sp³-hybridized carbons (Fsp3) is 0.0370. The van der Waals surface area contributed by atoms with Crippen LogP contribution in [-0.2, 0) is 0 Å². The Hall–Kier alpha value is -8.87. The van der Waals surface area contributed by atoms with Crippen molar-refractivity contribution in [1.29, 1.82) is 0 Å². The zero-order valence-electron chi connectivity index (χ0n) is 35.5. The average molecular weight is 911 g/mol. The highest BCUT2D eigenvalue weighted by atomic mass is 35.5. The fourth-order valence-electron chi connectivity index (χ4n) is 8.35. The number of aryl methyl sites for hydroxylation is 2. The SMILES string of the molecule is Cc1cc(-c2ccc(-c3ccccc3-c3cc(Cl)cc(-c4ccccc4-c4ccc(-c5cc(C)c(-c6c(O)c(O)c(O)c(O)c6O)cn5)cc4)c3)cc2)ncc1-c1c(O)c(O)c(O)c(O)c1O. The summed E-state index contributed by atoms with van der Waals surface area (Å²) < 4.78 is 0. The molecule has 0 aliphatic rings. The molecule has 7 aromatic carbocycles. The van der Waals surface area contributed by atoms with Crippen molar-refractivity contribution in [3.63, 3.8) is 0 Å². The van der Waals surface area contributed by atoms with Gasteiger partial charge in [-0.15, -0.1) is 0 Å². The Morgan fingerprint density at radius 1 is 0.313 bits per heavy atom. The highest BCUT2D eigenvalue weighted by Crippen LogP contribution is 2.56. The van der Waals surface area contributed by atoms with Crippen molar-refractivity contribution in [2.24, 2.45) is 0 Å². The number of hydrogen-bond donors (Lipinski definition) is 10. The fourth-order valence-corrected chi connectivity index (χ4v) is 8.58. The Kier molecular flexibility index (Phi) is 11.0. The second-order valence-electron chi connectivity index (χ2n) is 16.0. The Morgan fingerprint density at radius 2 is 0.597 bits per heavy atom. The van der Waals surface area contributed by atoms with E-state index in [1.165, 1.54) is 12.4 Å². The van der Waals surface area contributed by atoms with Crippen LogP contribution in [0.3, 0.4) is 0 Å². The van der Waals surface area contributed by atoms with Crippen molar-refractivity contribution in [2.75, 3.05) is 0 Å². The molecule has 0 bridgehead atoms. The molecular formula is C54H39ClN2O10. The topological polar surface area (TPSA) is 228 Å². The van der Waals surface area contributed by atoms with Crippen molar-refractivity contribution in [3.8, 4) is 147 Å². The number of pyridine rings is 2. The Balaban J connectivity index is 0.995. The van der Waals surface area contributed by atoms with Gasteiger partial charge in [-0.3, -0.25) is 9.97 Å². The molecule has 0 fully saturated rings. The molecule has 332 valence electrons. The monoisotopic (exact) mass is 910 g/mol. The van der Waals surface area contributed by atoms with Crippen molar-refractivity contribution in [1.82, 2.24) is 9.97 Å². The van der Waals surface area contributed by atoms with Gasteiger partial charge in [-0.2, -0.15) is 0 Å². The number of rotatable bonds is 8. The number of phenolic OH excluding ortho intramolecular Hbond substituents is 10. The van der Waals surface area contributed by atoms with E-state index in [1.54, 1.807) is 26.0 Å². The lowest BCUT2D eigenvalue weighted by Crippen LogP contribution is -1.92. The van der Waals surface area contributed by atoms with E-state index in [9.17, 15) is 51.1 Å². The minimum atomic E-state index is -1.03. The summed E-state index contributed by atoms with van der Waals surface area (Å²) in [4.78, 5) is 9.08. The zero-order valence-corrected chi connectivity index (χ0v) is 36.3. The normalized spacial score (nSPS) is 11.2. The first-order valence-electron chi connectivity index (χ1n) is 20.7. The summed E-state index contributed by atoms with van der Waals surface area (Å²) in [7, 11) is 0. The first-order chi connectivity index (χ1) is 32.1. The van der Waals surface area contributed by atoms with Crippen LogP contribution in [0, 0.1) is 13.8 Å². The molecule has 0 radical (unpaired) electrons. The van der Waals surface area contributed by atoms with E-state index >= 15 is 0 Å². The highest BCUT2D eigenvalue weighted by Gasteiger charge is 2.27. The number of benzene rings is 7. The molecule has 10 N–H and O–H groups in total. The van der Waals surface area contributed by atoms with E-state index in [1.807, 2.05) is 109 Å². The van der Waals surface area contributed by atoms with Crippen LogP contribution in [0.4, 0.5) is 0 Å². The molecule has 0 atom stereocenters. The van der Waals surface area contributed by atoms with Gasteiger partial charge in [0.1, 0.15) is 0 Å². The molecule has 0 unspecified atom stereocenters. The number of hydrogen-bond acceptors (Lipinski definition) is 12. The molecule has 0 aliphatic heterocycles. The summed E-state index contributed by atoms with van der Waals surface area (Å²) >= 11 is 6.89. The highest BCUT2D eigenvalue weighted by molar-refractivity contribution is 6.31. The molecule has 0 saturated carbocycles. The maximum absolute atomic E-state index is 10.5. The van der Waals surface area contributed by atoms with Crippen LogP contribution in [0.25, 0.3) is 89.3 Å². The first-order valence-corrected chi connectivity index (χ1v) is 21.0. The third-order valence-electron chi connectivity index (χ3n) is 11.9. The lowest BCUT2D eigenvalue weighted by atomic mass is 9.90. The van der Waals surface area contributed by atoms with Gasteiger partial charge in [0.15, 0.2) is 23.0 Å². The summed E-state index contributed by atoms with van der Waals surface area (Å²) in [5, 5.41) is 103. The maximum Gasteiger partial charge on any atom is 0.208 e. The Morgan fingerprint density at radius 3 is 0.910 bits per heavy atom. The van der Waals surface area contributed by atoms with Crippen LogP contribution in [-0.4, -0.2) is 61.0 Å². The van der Waals surface area contributed by atoms with Gasteiger partial charge in [-0.05, 0) is 99.8 Å². The van der Waals surface area contributed by atoms with Crippen LogP contribution in [0.15, 0.2) is 140 Å². The predicted octanol–water partition coefficient (Wildman–Crippen LogP) is 12.1. The van der Waals surface area contributed by atoms with Gasteiger partial charge >= 0.3 is 0 Å². The summed E-state index contributed by atoms with van der Waals surface area (Å²) in [6.07, 6.45) is 2.82. The first kappa shape index (κ1) is 43.4. The van der Waals surface area contributed by atoms with E-state index < -0.39 is 57.5 Å². The average Bonchev–Trinajstić information content (AvgIpc) is 3.34. The zero-order chi connectivity index (χ0) is 47.4. The van der Waals surface area contributed by atoms with Crippen LogP contribution in [0.1, 0.15) is 11.1 Å². The van der Waals surface area contributed by atoms with E-state index in [2.05, 4.69) is 16.0 Å². The number of phenols is 10. The third-order valence-corrected chi connectivity index (χ3v) is 12.1. The van der Waals surface area contributed by atoms with Gasteiger partial charge in [-0.25, -0.2) is 0 Å². The molecule has 2 aromatic heterocycles. The number of aromatic nitrogens is 2. The van der Waals surface area contributed by atoms with Crippen molar-refractivity contribution in [2.45, 2.75) is 13.8 Å². The van der Waals surface area contributed by atoms with Gasteiger partial charge in [0.05, 0.1) is 22.5 Å². The molecule has 9 aromatic rings. The summed E-state index contributed by atoms with van der Waals surface area (Å²) in [6, 6.07) is 41.2. The van der Waals surface area contributed by atoms with Gasteiger partial charge in [0.2, 0.25) is 34.5 Å². The lowest BCUT2D eigenvalue weighted by Gasteiger charge is -2.16. The van der Waals surface area contributed by atoms with E-state index in [0.29, 0.717) is 27.5 Å². The van der Waals surface area contributed by atoms with Crippen molar-refractivity contribution < 1.29 is 51.1 Å². The lowest BCUT2D eigenvalue weighted by molar-refractivity contribution is 0.330. The second kappa shape index (κ2) is 16.9. The molecule has 0 amide bonds. The van der Waals surface area contributed by atoms with Gasteiger partial charge < -0.3 is 51.1 Å². The molecule has 67 heavy (non-hydrogen) atoms. The van der Waals surface area contributed by atoms with Gasteiger partial charge in [0, 0.05) is 39.7 Å². The quantitative estimate of drug-likeness (QED) is 0.0507. The van der Waals surface area contributed by atoms with Crippen molar-refractivity contribution in [3.05, 3.63) is 156 Å². The molecule has 9 rings (SSSR count). The minimum Gasteiger partial charge on any atom is -0.504 e. The molecule has 0 saturated heterocycles. The smallest absolute Gasteiger partial charge is 0.208 e. The summed E-state index contributed by atoms with van der Waals surface area (Å²) in [5.41, 5.74) is 11.4. The van der Waals surface area contributed by atoms with Crippen LogP contribution in [0.5, 0.6) is 57.5 Å². The third kappa shape index (κ3) is 7.60. The molecule has 0 spiro atoms. The number of aromatic hydroxyl groups is 10. The number of halogens is 1. The molecule has 0 aliphatic carbocycles.